The topological polar surface area (TPSA) is 68.5 Å². The number of aryl methyl sites for hydroxylation is 1. The van der Waals surface area contributed by atoms with Gasteiger partial charge in [-0.2, -0.15) is 0 Å². The molecule has 6 nitrogen and oxygen atoms in total. The maximum atomic E-state index is 14.0. The number of nitrogens with one attached hydrogen (secondary N) is 1. The van der Waals surface area contributed by atoms with Crippen molar-refractivity contribution in [1.82, 2.24) is 14.6 Å². The Balaban J connectivity index is 1.89. The fourth-order valence-corrected chi connectivity index (χ4v) is 2.40. The third-order valence-corrected chi connectivity index (χ3v) is 3.40. The van der Waals surface area contributed by atoms with Crippen LogP contribution in [0.2, 0.25) is 0 Å². The Kier molecular flexibility index (Phi) is 4.16. The van der Waals surface area contributed by atoms with Gasteiger partial charge in [-0.15, -0.1) is 5.10 Å². The van der Waals surface area contributed by atoms with E-state index in [1.807, 2.05) is 6.92 Å². The molecule has 0 atom stereocenters. The monoisotopic (exact) mass is 342 g/mol. The SMILES string of the molecule is Cc1cc(-c2ccn3nc(NC(=O)OC(C)(C)C)cc3c2)c(F)cn1. The first-order chi connectivity index (χ1) is 11.7. The summed E-state index contributed by atoms with van der Waals surface area (Å²) in [5.74, 6) is -0.0284. The van der Waals surface area contributed by atoms with Crippen LogP contribution in [0.3, 0.4) is 0 Å². The third-order valence-electron chi connectivity index (χ3n) is 3.40. The van der Waals surface area contributed by atoms with Crippen molar-refractivity contribution >= 4 is 17.4 Å². The van der Waals surface area contributed by atoms with Gasteiger partial charge in [0, 0.05) is 23.5 Å². The van der Waals surface area contributed by atoms with Crippen molar-refractivity contribution in [3.8, 4) is 11.1 Å². The molecule has 0 aliphatic rings. The summed E-state index contributed by atoms with van der Waals surface area (Å²) in [6.45, 7) is 7.17. The number of aromatic nitrogens is 3. The van der Waals surface area contributed by atoms with Crippen LogP contribution in [0.15, 0.2) is 36.7 Å². The molecule has 0 saturated heterocycles. The number of carbonyl (C=O) groups is 1. The minimum atomic E-state index is -0.590. The standard InChI is InChI=1S/C18H19FN4O2/c1-11-7-14(15(19)10-20-11)12-5-6-23-13(8-12)9-16(22-23)21-17(24)25-18(2,3)4/h5-10H,1-4H3,(H,21,22,24). The quantitative estimate of drug-likeness (QED) is 0.758. The zero-order chi connectivity index (χ0) is 18.2. The first-order valence-electron chi connectivity index (χ1n) is 7.83. The Morgan fingerprint density at radius 1 is 1.28 bits per heavy atom. The van der Waals surface area contributed by atoms with E-state index < -0.39 is 11.7 Å². The maximum absolute atomic E-state index is 14.0. The van der Waals surface area contributed by atoms with Crippen molar-refractivity contribution in [2.45, 2.75) is 33.3 Å². The van der Waals surface area contributed by atoms with Crippen LogP contribution in [-0.4, -0.2) is 26.3 Å². The number of ether oxygens (including phenoxy) is 1. The lowest BCUT2D eigenvalue weighted by Gasteiger charge is -2.18. The van der Waals surface area contributed by atoms with Crippen LogP contribution in [-0.2, 0) is 4.74 Å². The first kappa shape index (κ1) is 16.9. The molecule has 3 heterocycles. The Labute approximate surface area is 144 Å². The van der Waals surface area contributed by atoms with E-state index in [1.165, 1.54) is 6.20 Å². The van der Waals surface area contributed by atoms with Gasteiger partial charge >= 0.3 is 6.09 Å². The normalized spacial score (nSPS) is 11.6. The molecule has 7 heteroatoms. The molecule has 3 aromatic rings. The highest BCUT2D eigenvalue weighted by Crippen LogP contribution is 2.25. The summed E-state index contributed by atoms with van der Waals surface area (Å²) in [7, 11) is 0. The first-order valence-corrected chi connectivity index (χ1v) is 7.83. The summed E-state index contributed by atoms with van der Waals surface area (Å²) in [4.78, 5) is 15.8. The van der Waals surface area contributed by atoms with Crippen molar-refractivity contribution < 1.29 is 13.9 Å². The fourth-order valence-electron chi connectivity index (χ4n) is 2.40. The molecular formula is C18H19FN4O2. The minimum Gasteiger partial charge on any atom is -0.444 e. The molecule has 0 aromatic carbocycles. The molecular weight excluding hydrogens is 323 g/mol. The number of hydrogen-bond acceptors (Lipinski definition) is 4. The molecule has 0 bridgehead atoms. The lowest BCUT2D eigenvalue weighted by Crippen LogP contribution is -2.27. The van der Waals surface area contributed by atoms with E-state index in [-0.39, 0.29) is 5.82 Å². The summed E-state index contributed by atoms with van der Waals surface area (Å²) < 4.78 is 20.8. The summed E-state index contributed by atoms with van der Waals surface area (Å²) >= 11 is 0. The Hall–Kier alpha value is -2.96. The number of amides is 1. The lowest BCUT2D eigenvalue weighted by molar-refractivity contribution is 0.0635. The number of halogens is 1. The van der Waals surface area contributed by atoms with Crippen molar-refractivity contribution in [3.05, 3.63) is 48.2 Å². The van der Waals surface area contributed by atoms with Crippen molar-refractivity contribution in [3.63, 3.8) is 0 Å². The van der Waals surface area contributed by atoms with E-state index in [1.54, 1.807) is 55.7 Å². The van der Waals surface area contributed by atoms with Crippen LogP contribution in [0.4, 0.5) is 15.0 Å². The third kappa shape index (κ3) is 3.93. The second-order valence-corrected chi connectivity index (χ2v) is 6.75. The molecule has 0 fully saturated rings. The highest BCUT2D eigenvalue weighted by molar-refractivity contribution is 5.85. The Bertz CT molecular complexity index is 944. The van der Waals surface area contributed by atoms with E-state index >= 15 is 0 Å². The van der Waals surface area contributed by atoms with Crippen molar-refractivity contribution in [2.75, 3.05) is 5.32 Å². The summed E-state index contributed by atoms with van der Waals surface area (Å²) in [5, 5.41) is 6.85. The van der Waals surface area contributed by atoms with Crippen LogP contribution >= 0.6 is 0 Å². The smallest absolute Gasteiger partial charge is 0.413 e. The van der Waals surface area contributed by atoms with Crippen LogP contribution in [0, 0.1) is 12.7 Å². The zero-order valence-electron chi connectivity index (χ0n) is 14.5. The van der Waals surface area contributed by atoms with E-state index in [4.69, 9.17) is 4.74 Å². The van der Waals surface area contributed by atoms with Crippen LogP contribution in [0.1, 0.15) is 26.5 Å². The van der Waals surface area contributed by atoms with Crippen molar-refractivity contribution in [1.29, 1.82) is 0 Å². The highest BCUT2D eigenvalue weighted by Gasteiger charge is 2.17. The molecule has 25 heavy (non-hydrogen) atoms. The van der Waals surface area contributed by atoms with Gasteiger partial charge < -0.3 is 4.74 Å². The van der Waals surface area contributed by atoms with E-state index in [0.717, 1.165) is 11.2 Å². The molecule has 130 valence electrons. The number of fused-ring (bicyclic) bond motifs is 1. The zero-order valence-corrected chi connectivity index (χ0v) is 14.5. The second kappa shape index (κ2) is 6.16. The average molecular weight is 342 g/mol. The molecule has 1 amide bonds. The number of pyridine rings is 2. The Morgan fingerprint density at radius 2 is 2.04 bits per heavy atom. The molecule has 0 aliphatic carbocycles. The highest BCUT2D eigenvalue weighted by atomic mass is 19.1. The second-order valence-electron chi connectivity index (χ2n) is 6.75. The molecule has 1 N–H and O–H groups in total. The van der Waals surface area contributed by atoms with E-state index in [9.17, 15) is 9.18 Å². The molecule has 0 radical (unpaired) electrons. The number of carbonyl (C=O) groups excluding carboxylic acids is 1. The van der Waals surface area contributed by atoms with E-state index in [0.29, 0.717) is 16.9 Å². The molecule has 3 rings (SSSR count). The number of anilines is 1. The average Bonchev–Trinajstić information content (AvgIpc) is 2.88. The number of rotatable bonds is 2. The molecule has 0 aliphatic heterocycles. The lowest BCUT2D eigenvalue weighted by atomic mass is 10.1. The van der Waals surface area contributed by atoms with E-state index in [2.05, 4.69) is 15.4 Å². The maximum Gasteiger partial charge on any atom is 0.413 e. The predicted molar refractivity (Wildman–Crippen MR) is 93.0 cm³/mol. The molecule has 0 unspecified atom stereocenters. The summed E-state index contributed by atoms with van der Waals surface area (Å²) in [6, 6.07) is 6.94. The van der Waals surface area contributed by atoms with Gasteiger partial charge in [0.2, 0.25) is 0 Å². The Morgan fingerprint density at radius 3 is 2.76 bits per heavy atom. The minimum absolute atomic E-state index is 0.359. The number of nitrogens with zero attached hydrogens (tertiary/aromatic N) is 3. The summed E-state index contributed by atoms with van der Waals surface area (Å²) in [5.41, 5.74) is 2.04. The number of hydrogen-bond donors (Lipinski definition) is 1. The van der Waals surface area contributed by atoms with Crippen LogP contribution in [0.5, 0.6) is 0 Å². The van der Waals surface area contributed by atoms with Gasteiger partial charge in [-0.25, -0.2) is 13.7 Å². The van der Waals surface area contributed by atoms with Crippen LogP contribution in [0.25, 0.3) is 16.6 Å². The van der Waals surface area contributed by atoms with Gasteiger partial charge in [0.15, 0.2) is 5.82 Å². The molecule has 0 spiro atoms. The fraction of sp³-hybridized carbons (Fsp3) is 0.278. The van der Waals surface area contributed by atoms with Crippen molar-refractivity contribution in [2.24, 2.45) is 0 Å². The van der Waals surface area contributed by atoms with Gasteiger partial charge in [0.1, 0.15) is 11.4 Å². The van der Waals surface area contributed by atoms with Gasteiger partial charge in [-0.3, -0.25) is 10.3 Å². The predicted octanol–water partition coefficient (Wildman–Crippen LogP) is 4.19. The van der Waals surface area contributed by atoms with Crippen LogP contribution < -0.4 is 5.32 Å². The molecule has 0 saturated carbocycles. The van der Waals surface area contributed by atoms with Gasteiger partial charge in [-0.1, -0.05) is 0 Å². The summed E-state index contributed by atoms with van der Waals surface area (Å²) in [6.07, 6.45) is 2.34. The largest absolute Gasteiger partial charge is 0.444 e. The van der Waals surface area contributed by atoms with Gasteiger partial charge in [-0.05, 0) is 51.5 Å². The van der Waals surface area contributed by atoms with Gasteiger partial charge in [0.25, 0.3) is 0 Å². The molecule has 3 aromatic heterocycles. The van der Waals surface area contributed by atoms with Gasteiger partial charge in [0.05, 0.1) is 11.7 Å².